The van der Waals surface area contributed by atoms with Crippen molar-refractivity contribution >= 4 is 15.8 Å². The van der Waals surface area contributed by atoms with Crippen molar-refractivity contribution < 1.29 is 21.7 Å². The van der Waals surface area contributed by atoms with Crippen molar-refractivity contribution in [2.24, 2.45) is 5.14 Å². The van der Waals surface area contributed by atoms with Crippen LogP contribution in [0.3, 0.4) is 0 Å². The van der Waals surface area contributed by atoms with Gasteiger partial charge in [-0.15, -0.1) is 0 Å². The Balaban J connectivity index is 1.97. The first-order chi connectivity index (χ1) is 16.1. The number of rotatable bonds is 10. The van der Waals surface area contributed by atoms with Crippen molar-refractivity contribution in [2.75, 3.05) is 24.2 Å². The fourth-order valence-corrected chi connectivity index (χ4v) is 3.40. The molecule has 0 aliphatic heterocycles. The summed E-state index contributed by atoms with van der Waals surface area (Å²) in [5.41, 5.74) is 1.32. The molecule has 13 heteroatoms. The van der Waals surface area contributed by atoms with E-state index in [-0.39, 0.29) is 41.8 Å². The summed E-state index contributed by atoms with van der Waals surface area (Å²) in [6.45, 7) is 5.44. The van der Waals surface area contributed by atoms with Gasteiger partial charge in [0.2, 0.25) is 10.0 Å². The van der Waals surface area contributed by atoms with Gasteiger partial charge in [-0.2, -0.15) is 5.10 Å². The number of allylic oxidation sites excluding steroid dienone is 5. The molecule has 0 bridgehead atoms. The molecule has 0 aliphatic carbocycles. The normalized spacial score (nSPS) is 12.4. The third-order valence-corrected chi connectivity index (χ3v) is 5.37. The summed E-state index contributed by atoms with van der Waals surface area (Å²) in [5, 5.41) is 13.4. The fourth-order valence-electron chi connectivity index (χ4n) is 2.87. The molecule has 0 aliphatic rings. The number of sulfonamides is 1. The molecule has 0 spiro atoms. The first-order valence-corrected chi connectivity index (χ1v) is 11.7. The maximum atomic E-state index is 14.4. The maximum absolute atomic E-state index is 14.4. The number of primary sulfonamides is 1. The van der Waals surface area contributed by atoms with Crippen molar-refractivity contribution in [1.29, 1.82) is 0 Å². The van der Waals surface area contributed by atoms with E-state index < -0.39 is 21.7 Å². The molecule has 0 aromatic carbocycles. The fraction of sp³-hybridized carbons (Fsp3) is 0.238. The predicted molar refractivity (Wildman–Crippen MR) is 123 cm³/mol. The van der Waals surface area contributed by atoms with E-state index in [2.05, 4.69) is 26.8 Å². The number of halogens is 2. The van der Waals surface area contributed by atoms with Crippen molar-refractivity contribution in [2.45, 2.75) is 13.5 Å². The van der Waals surface area contributed by atoms with Gasteiger partial charge in [0.05, 0.1) is 24.2 Å². The molecule has 0 atom stereocenters. The largest absolute Gasteiger partial charge is 0.364 e. The predicted octanol–water partition coefficient (Wildman–Crippen LogP) is 2.84. The van der Waals surface area contributed by atoms with E-state index in [1.165, 1.54) is 29.0 Å². The molecule has 10 nitrogen and oxygen atoms in total. The Hall–Kier alpha value is -3.71. The van der Waals surface area contributed by atoms with Crippen LogP contribution in [0.15, 0.2) is 65.3 Å². The number of hydrogen-bond acceptors (Lipinski definition) is 8. The molecular weight excluding hydrogens is 468 g/mol. The smallest absolute Gasteiger partial charge is 0.210 e. The number of hydrogen-bond donors (Lipinski definition) is 1. The van der Waals surface area contributed by atoms with Crippen LogP contribution in [0.2, 0.25) is 0 Å². The van der Waals surface area contributed by atoms with Crippen molar-refractivity contribution in [1.82, 2.24) is 24.9 Å². The summed E-state index contributed by atoms with van der Waals surface area (Å²) < 4.78 is 57.5. The van der Waals surface area contributed by atoms with Crippen LogP contribution in [-0.2, 0) is 16.6 Å². The lowest BCUT2D eigenvalue weighted by atomic mass is 10.2. The topological polar surface area (TPSA) is 133 Å². The van der Waals surface area contributed by atoms with Crippen LogP contribution >= 0.6 is 0 Å². The summed E-state index contributed by atoms with van der Waals surface area (Å²) in [4.78, 5) is 9.51. The Labute approximate surface area is 195 Å². The number of aromatic nitrogens is 5. The second-order valence-corrected chi connectivity index (χ2v) is 8.99. The molecule has 3 aromatic heterocycles. The highest BCUT2D eigenvalue weighted by molar-refractivity contribution is 7.89. The minimum Gasteiger partial charge on any atom is -0.364 e. The average Bonchev–Trinajstić information content (AvgIpc) is 3.45. The Kier molecular flexibility index (Phi) is 7.68. The highest BCUT2D eigenvalue weighted by atomic mass is 32.2. The van der Waals surface area contributed by atoms with Gasteiger partial charge in [-0.3, -0.25) is 4.68 Å². The third-order valence-electron chi connectivity index (χ3n) is 4.62. The number of nitrogens with zero attached hydrogens (tertiary/aromatic N) is 6. The van der Waals surface area contributed by atoms with Crippen molar-refractivity contribution in [3.05, 3.63) is 66.6 Å². The standard InChI is InChI=1S/C21H23F2N7O3S/c1-4-5-6-15(22)14(2)13-30-19(17-7-9-33-28-17)11-18(27-30)20-25-12-16(23)21(26-20)29(3)8-10-34(24,31)32/h4-7,9,11-12H,2,8,10,13H2,1,3H3,(H2,24,31,32)/b5-4-,15-6+. The quantitative estimate of drug-likeness (QED) is 0.428. The first kappa shape index (κ1) is 24.9. The van der Waals surface area contributed by atoms with Crippen LogP contribution < -0.4 is 10.0 Å². The van der Waals surface area contributed by atoms with E-state index in [4.69, 9.17) is 9.66 Å². The molecule has 0 saturated carbocycles. The first-order valence-electron chi connectivity index (χ1n) is 9.98. The van der Waals surface area contributed by atoms with Gasteiger partial charge in [-0.1, -0.05) is 23.9 Å². The van der Waals surface area contributed by atoms with Gasteiger partial charge in [-0.25, -0.2) is 32.3 Å². The minimum atomic E-state index is -3.74. The highest BCUT2D eigenvalue weighted by Gasteiger charge is 2.20. The number of anilines is 1. The van der Waals surface area contributed by atoms with Crippen LogP contribution in [-0.4, -0.2) is 52.7 Å². The molecule has 0 amide bonds. The molecule has 3 aromatic rings. The van der Waals surface area contributed by atoms with Gasteiger partial charge in [0.15, 0.2) is 17.5 Å². The van der Waals surface area contributed by atoms with Gasteiger partial charge in [0.25, 0.3) is 0 Å². The van der Waals surface area contributed by atoms with Gasteiger partial charge in [-0.05, 0) is 19.1 Å². The Morgan fingerprint density at radius 1 is 1.38 bits per heavy atom. The van der Waals surface area contributed by atoms with E-state index >= 15 is 0 Å². The summed E-state index contributed by atoms with van der Waals surface area (Å²) >= 11 is 0. The molecule has 3 heterocycles. The van der Waals surface area contributed by atoms with Gasteiger partial charge in [0.1, 0.15) is 23.5 Å². The third kappa shape index (κ3) is 6.20. The zero-order valence-corrected chi connectivity index (χ0v) is 19.3. The number of nitrogens with two attached hydrogens (primary N) is 1. The SMILES string of the molecule is C=C(Cn1nc(-c2ncc(F)c(N(C)CCS(N)(=O)=O)n2)cc1-c1ccon1)/C(F)=C\C=C/C. The van der Waals surface area contributed by atoms with Gasteiger partial charge >= 0.3 is 0 Å². The van der Waals surface area contributed by atoms with Gasteiger partial charge in [0, 0.05) is 25.2 Å². The van der Waals surface area contributed by atoms with Crippen LogP contribution in [0, 0.1) is 5.82 Å². The van der Waals surface area contributed by atoms with Crippen LogP contribution in [0.25, 0.3) is 22.9 Å². The molecular formula is C21H23F2N7O3S. The molecule has 0 unspecified atom stereocenters. The Morgan fingerprint density at radius 3 is 2.79 bits per heavy atom. The maximum Gasteiger partial charge on any atom is 0.210 e. The van der Waals surface area contributed by atoms with Crippen molar-refractivity contribution in [3.63, 3.8) is 0 Å². The van der Waals surface area contributed by atoms with Gasteiger partial charge < -0.3 is 9.42 Å². The van der Waals surface area contributed by atoms with Crippen LogP contribution in [0.1, 0.15) is 6.92 Å². The summed E-state index contributed by atoms with van der Waals surface area (Å²) in [6.07, 6.45) is 6.85. The van der Waals surface area contributed by atoms with E-state index in [1.54, 1.807) is 31.2 Å². The van der Waals surface area contributed by atoms with Crippen molar-refractivity contribution in [3.8, 4) is 22.9 Å². The van der Waals surface area contributed by atoms with E-state index in [0.717, 1.165) is 6.20 Å². The lowest BCUT2D eigenvalue weighted by Gasteiger charge is -2.18. The second-order valence-electron chi connectivity index (χ2n) is 7.25. The Bertz CT molecular complexity index is 1330. The molecule has 3 rings (SSSR count). The van der Waals surface area contributed by atoms with Crippen LogP contribution in [0.4, 0.5) is 14.6 Å². The molecule has 34 heavy (non-hydrogen) atoms. The molecule has 0 fully saturated rings. The minimum absolute atomic E-state index is 0.00953. The van der Waals surface area contributed by atoms with E-state index in [9.17, 15) is 17.2 Å². The van der Waals surface area contributed by atoms with Crippen LogP contribution in [0.5, 0.6) is 0 Å². The average molecular weight is 492 g/mol. The monoisotopic (exact) mass is 491 g/mol. The summed E-state index contributed by atoms with van der Waals surface area (Å²) in [5.74, 6) is -1.71. The second kappa shape index (κ2) is 10.5. The highest BCUT2D eigenvalue weighted by Crippen LogP contribution is 2.27. The molecule has 0 radical (unpaired) electrons. The summed E-state index contributed by atoms with van der Waals surface area (Å²) in [6, 6.07) is 3.20. The Morgan fingerprint density at radius 2 is 2.15 bits per heavy atom. The van der Waals surface area contributed by atoms with E-state index in [0.29, 0.717) is 11.4 Å². The molecule has 180 valence electrons. The lowest BCUT2D eigenvalue weighted by molar-refractivity contribution is 0.421. The zero-order chi connectivity index (χ0) is 24.9. The lowest BCUT2D eigenvalue weighted by Crippen LogP contribution is -2.30. The molecule has 0 saturated heterocycles. The molecule has 2 N–H and O–H groups in total. The summed E-state index contributed by atoms with van der Waals surface area (Å²) in [7, 11) is -2.27. The zero-order valence-electron chi connectivity index (χ0n) is 18.5. The van der Waals surface area contributed by atoms with E-state index in [1.807, 2.05) is 0 Å².